The van der Waals surface area contributed by atoms with Gasteiger partial charge in [-0.3, -0.25) is 4.79 Å². The Balaban J connectivity index is 2.54. The Morgan fingerprint density at radius 3 is 2.18 bits per heavy atom. The Hall–Kier alpha value is -2.55. The van der Waals surface area contributed by atoms with Crippen LogP contribution in [0.2, 0.25) is 0 Å². The molecule has 0 spiro atoms. The van der Waals surface area contributed by atoms with Crippen molar-refractivity contribution in [3.63, 3.8) is 0 Å². The van der Waals surface area contributed by atoms with Crippen molar-refractivity contribution in [2.75, 3.05) is 0 Å². The van der Waals surface area contributed by atoms with Crippen LogP contribution in [-0.4, -0.2) is 30.1 Å². The molecule has 0 fully saturated rings. The number of nitrogens with zero attached hydrogens (tertiary/aromatic N) is 1. The molecule has 0 heterocycles. The predicted octanol–water partition coefficient (Wildman–Crippen LogP) is 1.78. The van der Waals surface area contributed by atoms with Crippen molar-refractivity contribution in [2.45, 2.75) is 45.9 Å². The van der Waals surface area contributed by atoms with Crippen molar-refractivity contribution in [1.82, 2.24) is 5.32 Å². The number of amides is 1. The van der Waals surface area contributed by atoms with Gasteiger partial charge in [-0.1, -0.05) is 0 Å². The number of nitriles is 1. The first kappa shape index (κ1) is 17.5. The second-order valence-corrected chi connectivity index (χ2v) is 5.14. The van der Waals surface area contributed by atoms with Crippen molar-refractivity contribution < 1.29 is 19.1 Å². The summed E-state index contributed by atoms with van der Waals surface area (Å²) in [7, 11) is 0. The fraction of sp³-hybridized carbons (Fsp3) is 0.438. The highest BCUT2D eigenvalue weighted by molar-refractivity contribution is 5.84. The van der Waals surface area contributed by atoms with Gasteiger partial charge in [-0.05, 0) is 52.0 Å². The molecule has 0 aliphatic carbocycles. The molecular formula is C16H20N2O4. The third-order valence-electron chi connectivity index (χ3n) is 2.72. The number of carbonyl (C=O) groups excluding carboxylic acids is 2. The first-order chi connectivity index (χ1) is 10.3. The topological polar surface area (TPSA) is 88.4 Å². The highest BCUT2D eigenvalue weighted by Gasteiger charge is 2.23. The number of esters is 1. The molecule has 1 amide bonds. The maximum atomic E-state index is 11.9. The number of hydrogen-bond acceptors (Lipinski definition) is 5. The standard InChI is InChI=1S/C16H20N2O4/c1-10(2)18-15(19)11(3)22-16(20)12(4)21-14-7-5-13(9-17)6-8-14/h5-8,10-12H,1-4H3,(H,18,19)/t11-,12-/m1/s1. The molecule has 22 heavy (non-hydrogen) atoms. The van der Waals surface area contributed by atoms with Crippen LogP contribution in [0.4, 0.5) is 0 Å². The smallest absolute Gasteiger partial charge is 0.347 e. The molecule has 118 valence electrons. The van der Waals surface area contributed by atoms with E-state index in [0.29, 0.717) is 11.3 Å². The molecule has 2 atom stereocenters. The fourth-order valence-electron chi connectivity index (χ4n) is 1.59. The Kier molecular flexibility index (Phi) is 6.39. The van der Waals surface area contributed by atoms with Gasteiger partial charge in [-0.25, -0.2) is 4.79 Å². The molecule has 1 aromatic carbocycles. The van der Waals surface area contributed by atoms with Gasteiger partial charge in [0.1, 0.15) is 5.75 Å². The zero-order valence-electron chi connectivity index (χ0n) is 13.1. The summed E-state index contributed by atoms with van der Waals surface area (Å²) >= 11 is 0. The van der Waals surface area contributed by atoms with Crippen molar-refractivity contribution in [2.24, 2.45) is 0 Å². The maximum Gasteiger partial charge on any atom is 0.347 e. The van der Waals surface area contributed by atoms with Crippen molar-refractivity contribution in [3.05, 3.63) is 29.8 Å². The van der Waals surface area contributed by atoms with Crippen LogP contribution in [0, 0.1) is 11.3 Å². The summed E-state index contributed by atoms with van der Waals surface area (Å²) in [5, 5.41) is 11.4. The van der Waals surface area contributed by atoms with E-state index < -0.39 is 18.2 Å². The van der Waals surface area contributed by atoms with Gasteiger partial charge in [0.2, 0.25) is 0 Å². The molecular weight excluding hydrogens is 284 g/mol. The quantitative estimate of drug-likeness (QED) is 0.809. The molecule has 1 aromatic rings. The Morgan fingerprint density at radius 2 is 1.68 bits per heavy atom. The first-order valence-electron chi connectivity index (χ1n) is 7.01. The third-order valence-corrected chi connectivity index (χ3v) is 2.72. The number of rotatable bonds is 6. The summed E-state index contributed by atoms with van der Waals surface area (Å²) in [6.45, 7) is 6.68. The number of ether oxygens (including phenoxy) is 2. The molecule has 1 N–H and O–H groups in total. The molecule has 0 unspecified atom stereocenters. The molecule has 0 aliphatic rings. The van der Waals surface area contributed by atoms with Crippen LogP contribution in [0.1, 0.15) is 33.3 Å². The van der Waals surface area contributed by atoms with Gasteiger partial charge in [0.05, 0.1) is 11.6 Å². The molecule has 0 radical (unpaired) electrons. The lowest BCUT2D eigenvalue weighted by molar-refractivity contribution is -0.161. The van der Waals surface area contributed by atoms with Gasteiger partial charge < -0.3 is 14.8 Å². The predicted molar refractivity (Wildman–Crippen MR) is 80.1 cm³/mol. The van der Waals surface area contributed by atoms with Gasteiger partial charge in [0, 0.05) is 6.04 Å². The minimum atomic E-state index is -0.887. The van der Waals surface area contributed by atoms with Crippen molar-refractivity contribution in [1.29, 1.82) is 5.26 Å². The zero-order valence-corrected chi connectivity index (χ0v) is 13.1. The van der Waals surface area contributed by atoms with Crippen molar-refractivity contribution >= 4 is 11.9 Å². The van der Waals surface area contributed by atoms with E-state index in [-0.39, 0.29) is 11.9 Å². The summed E-state index contributed by atoms with van der Waals surface area (Å²) in [6.07, 6.45) is -1.75. The summed E-state index contributed by atoms with van der Waals surface area (Å²) in [5.41, 5.74) is 0.501. The van der Waals surface area contributed by atoms with Crippen molar-refractivity contribution in [3.8, 4) is 11.8 Å². The number of nitrogens with one attached hydrogen (secondary N) is 1. The van der Waals surface area contributed by atoms with Crippen LogP contribution in [0.15, 0.2) is 24.3 Å². The molecule has 0 saturated carbocycles. The third kappa shape index (κ3) is 5.44. The second-order valence-electron chi connectivity index (χ2n) is 5.14. The van der Waals surface area contributed by atoms with Crippen LogP contribution in [0.3, 0.4) is 0 Å². The van der Waals surface area contributed by atoms with E-state index >= 15 is 0 Å². The van der Waals surface area contributed by atoms with Crippen LogP contribution < -0.4 is 10.1 Å². The Bertz CT molecular complexity index is 561. The zero-order chi connectivity index (χ0) is 16.7. The monoisotopic (exact) mass is 304 g/mol. The van der Waals surface area contributed by atoms with E-state index in [4.69, 9.17) is 14.7 Å². The summed E-state index contributed by atoms with van der Waals surface area (Å²) in [4.78, 5) is 23.6. The summed E-state index contributed by atoms with van der Waals surface area (Å²) in [5.74, 6) is -0.535. The van der Waals surface area contributed by atoms with E-state index in [1.54, 1.807) is 24.3 Å². The van der Waals surface area contributed by atoms with Gasteiger partial charge in [0.25, 0.3) is 5.91 Å². The highest BCUT2D eigenvalue weighted by Crippen LogP contribution is 2.14. The van der Waals surface area contributed by atoms with Gasteiger partial charge in [-0.15, -0.1) is 0 Å². The average Bonchev–Trinajstić information content (AvgIpc) is 2.47. The number of carbonyl (C=O) groups is 2. The molecule has 0 aromatic heterocycles. The van der Waals surface area contributed by atoms with Crippen LogP contribution in [0.5, 0.6) is 5.75 Å². The van der Waals surface area contributed by atoms with Crippen LogP contribution in [0.25, 0.3) is 0 Å². The highest BCUT2D eigenvalue weighted by atomic mass is 16.6. The molecule has 6 heteroatoms. The van der Waals surface area contributed by atoms with Gasteiger partial charge >= 0.3 is 5.97 Å². The molecule has 6 nitrogen and oxygen atoms in total. The second kappa shape index (κ2) is 8.03. The average molecular weight is 304 g/mol. The largest absolute Gasteiger partial charge is 0.479 e. The Labute approximate surface area is 130 Å². The number of hydrogen-bond donors (Lipinski definition) is 1. The first-order valence-corrected chi connectivity index (χ1v) is 7.01. The van der Waals surface area contributed by atoms with E-state index in [1.165, 1.54) is 13.8 Å². The molecule has 1 rings (SSSR count). The fourth-order valence-corrected chi connectivity index (χ4v) is 1.59. The van der Waals surface area contributed by atoms with Crippen LogP contribution >= 0.6 is 0 Å². The SMILES string of the molecule is CC(C)NC(=O)[C@@H](C)OC(=O)[C@@H](C)Oc1ccc(C#N)cc1. The summed E-state index contributed by atoms with van der Waals surface area (Å²) in [6, 6.07) is 8.33. The molecule has 0 aliphatic heterocycles. The van der Waals surface area contributed by atoms with Gasteiger partial charge in [-0.2, -0.15) is 5.26 Å². The normalized spacial score (nSPS) is 12.9. The maximum absolute atomic E-state index is 11.9. The van der Waals surface area contributed by atoms with Gasteiger partial charge in [0.15, 0.2) is 12.2 Å². The van der Waals surface area contributed by atoms with E-state index in [9.17, 15) is 9.59 Å². The molecule has 0 saturated heterocycles. The lowest BCUT2D eigenvalue weighted by atomic mass is 10.2. The lowest BCUT2D eigenvalue weighted by Crippen LogP contribution is -2.41. The lowest BCUT2D eigenvalue weighted by Gasteiger charge is -2.18. The Morgan fingerprint density at radius 1 is 1.09 bits per heavy atom. The minimum absolute atomic E-state index is 0.0269. The number of benzene rings is 1. The van der Waals surface area contributed by atoms with E-state index in [0.717, 1.165) is 0 Å². The van der Waals surface area contributed by atoms with E-state index in [1.807, 2.05) is 19.9 Å². The van der Waals surface area contributed by atoms with E-state index in [2.05, 4.69) is 5.32 Å². The minimum Gasteiger partial charge on any atom is -0.479 e. The summed E-state index contributed by atoms with van der Waals surface area (Å²) < 4.78 is 10.5. The molecule has 0 bridgehead atoms. The van der Waals surface area contributed by atoms with Crippen LogP contribution in [-0.2, 0) is 14.3 Å².